The van der Waals surface area contributed by atoms with Crippen molar-refractivity contribution in [3.63, 3.8) is 0 Å². The molecule has 0 unspecified atom stereocenters. The lowest BCUT2D eigenvalue weighted by Crippen LogP contribution is -2.53. The second-order valence-electron chi connectivity index (χ2n) is 3.61. The molecule has 2 aliphatic rings. The van der Waals surface area contributed by atoms with Crippen molar-refractivity contribution < 1.29 is 19.4 Å². The van der Waals surface area contributed by atoms with E-state index in [0.717, 1.165) is 19.3 Å². The number of rotatable bonds is 2. The molecule has 1 saturated carbocycles. The van der Waals surface area contributed by atoms with Crippen LogP contribution in [0.1, 0.15) is 19.3 Å². The van der Waals surface area contributed by atoms with Crippen LogP contribution >= 0.6 is 0 Å². The lowest BCUT2D eigenvalue weighted by Gasteiger charge is -2.41. The number of amides is 1. The molecule has 1 N–H and O–H groups in total. The normalized spacial score (nSPS) is 24.3. The summed E-state index contributed by atoms with van der Waals surface area (Å²) in [7, 11) is 0. The van der Waals surface area contributed by atoms with E-state index in [9.17, 15) is 9.59 Å². The van der Waals surface area contributed by atoms with Gasteiger partial charge in [0.2, 0.25) is 0 Å². The highest BCUT2D eigenvalue weighted by molar-refractivity contribution is 5.79. The minimum atomic E-state index is -0.981. The molecule has 0 aromatic carbocycles. The van der Waals surface area contributed by atoms with Crippen LogP contribution < -0.4 is 0 Å². The van der Waals surface area contributed by atoms with Gasteiger partial charge in [-0.3, -0.25) is 9.69 Å². The number of hydrogen-bond donors (Lipinski definition) is 1. The molecular weight excluding hydrogens is 174 g/mol. The molecule has 1 spiro atoms. The zero-order valence-electron chi connectivity index (χ0n) is 7.15. The molecule has 1 heterocycles. The van der Waals surface area contributed by atoms with E-state index in [0.29, 0.717) is 6.61 Å². The van der Waals surface area contributed by atoms with Crippen LogP contribution in [0.25, 0.3) is 0 Å². The summed E-state index contributed by atoms with van der Waals surface area (Å²) in [5.74, 6) is -0.981. The summed E-state index contributed by atoms with van der Waals surface area (Å²) in [6.45, 7) is 0.123. The minimum absolute atomic E-state index is 0.237. The first kappa shape index (κ1) is 8.34. The summed E-state index contributed by atoms with van der Waals surface area (Å²) in [6.07, 6.45) is 2.30. The third kappa shape index (κ3) is 1.15. The molecule has 0 aromatic heterocycles. The Morgan fingerprint density at radius 1 is 1.62 bits per heavy atom. The Morgan fingerprint density at radius 3 is 2.77 bits per heavy atom. The monoisotopic (exact) mass is 185 g/mol. The highest BCUT2D eigenvalue weighted by Crippen LogP contribution is 2.41. The van der Waals surface area contributed by atoms with Gasteiger partial charge in [0.25, 0.3) is 0 Å². The smallest absolute Gasteiger partial charge is 0.410 e. The van der Waals surface area contributed by atoms with Crippen LogP contribution in [0, 0.1) is 0 Å². The molecule has 1 aliphatic carbocycles. The van der Waals surface area contributed by atoms with Crippen LogP contribution in [0.2, 0.25) is 0 Å². The topological polar surface area (TPSA) is 66.8 Å². The number of carbonyl (C=O) groups is 2. The fourth-order valence-electron chi connectivity index (χ4n) is 1.91. The maximum Gasteiger partial charge on any atom is 0.410 e. The average molecular weight is 185 g/mol. The Labute approximate surface area is 75.3 Å². The number of carboxylic acids is 1. The number of ether oxygens (including phenoxy) is 1. The molecule has 72 valence electrons. The predicted octanol–water partition coefficient (Wildman–Crippen LogP) is 0.446. The van der Waals surface area contributed by atoms with E-state index >= 15 is 0 Å². The molecule has 1 aliphatic heterocycles. The van der Waals surface area contributed by atoms with Crippen LogP contribution in [-0.2, 0) is 9.53 Å². The average Bonchev–Trinajstić information content (AvgIpc) is 2.27. The summed E-state index contributed by atoms with van der Waals surface area (Å²) < 4.78 is 4.85. The Morgan fingerprint density at radius 2 is 2.31 bits per heavy atom. The van der Waals surface area contributed by atoms with Gasteiger partial charge < -0.3 is 9.84 Å². The van der Waals surface area contributed by atoms with E-state index in [4.69, 9.17) is 9.84 Å². The van der Waals surface area contributed by atoms with Crippen molar-refractivity contribution in [2.45, 2.75) is 24.8 Å². The Bertz CT molecular complexity index is 259. The number of aliphatic carboxylic acids is 1. The quantitative estimate of drug-likeness (QED) is 0.678. The van der Waals surface area contributed by atoms with Gasteiger partial charge >= 0.3 is 12.1 Å². The SMILES string of the molecule is O=C(O)CN1C(=O)OCC12CCC2. The largest absolute Gasteiger partial charge is 0.480 e. The predicted molar refractivity (Wildman–Crippen MR) is 42.3 cm³/mol. The van der Waals surface area contributed by atoms with Gasteiger partial charge in [0.1, 0.15) is 13.2 Å². The molecule has 2 rings (SSSR count). The molecule has 5 heteroatoms. The molecule has 13 heavy (non-hydrogen) atoms. The van der Waals surface area contributed by atoms with Gasteiger partial charge in [-0.05, 0) is 19.3 Å². The fraction of sp³-hybridized carbons (Fsp3) is 0.750. The lowest BCUT2D eigenvalue weighted by molar-refractivity contribution is -0.139. The summed E-state index contributed by atoms with van der Waals surface area (Å²) in [5, 5.41) is 8.59. The van der Waals surface area contributed by atoms with E-state index in [1.54, 1.807) is 0 Å². The molecule has 0 aromatic rings. The first-order valence-corrected chi connectivity index (χ1v) is 4.30. The van der Waals surface area contributed by atoms with Crippen molar-refractivity contribution >= 4 is 12.1 Å². The second kappa shape index (κ2) is 2.61. The van der Waals surface area contributed by atoms with Crippen molar-refractivity contribution in [2.75, 3.05) is 13.2 Å². The number of hydrogen-bond acceptors (Lipinski definition) is 3. The maximum atomic E-state index is 11.2. The standard InChI is InChI=1S/C8H11NO4/c10-6(11)4-9-7(12)13-5-8(9)2-1-3-8/h1-5H2,(H,10,11). The summed E-state index contributed by atoms with van der Waals surface area (Å²) in [6, 6.07) is 0. The van der Waals surface area contributed by atoms with E-state index < -0.39 is 12.1 Å². The lowest BCUT2D eigenvalue weighted by atomic mass is 9.77. The molecule has 0 radical (unpaired) electrons. The molecule has 2 fully saturated rings. The van der Waals surface area contributed by atoms with Gasteiger partial charge in [-0.25, -0.2) is 4.79 Å². The fourth-order valence-corrected chi connectivity index (χ4v) is 1.91. The molecule has 5 nitrogen and oxygen atoms in total. The van der Waals surface area contributed by atoms with E-state index in [2.05, 4.69) is 0 Å². The minimum Gasteiger partial charge on any atom is -0.480 e. The highest BCUT2D eigenvalue weighted by atomic mass is 16.6. The van der Waals surface area contributed by atoms with Crippen LogP contribution in [0.5, 0.6) is 0 Å². The number of nitrogens with zero attached hydrogens (tertiary/aromatic N) is 1. The van der Waals surface area contributed by atoms with Crippen LogP contribution in [0.4, 0.5) is 4.79 Å². The molecule has 1 amide bonds. The van der Waals surface area contributed by atoms with Gasteiger partial charge in [-0.15, -0.1) is 0 Å². The van der Waals surface area contributed by atoms with Crippen molar-refractivity contribution in [3.8, 4) is 0 Å². The first-order chi connectivity index (χ1) is 6.14. The molecule has 0 atom stereocenters. The zero-order chi connectivity index (χ0) is 9.47. The van der Waals surface area contributed by atoms with Gasteiger partial charge in [-0.1, -0.05) is 0 Å². The van der Waals surface area contributed by atoms with Crippen LogP contribution in [0.3, 0.4) is 0 Å². The zero-order valence-corrected chi connectivity index (χ0v) is 7.15. The maximum absolute atomic E-state index is 11.2. The highest BCUT2D eigenvalue weighted by Gasteiger charge is 2.51. The number of cyclic esters (lactones) is 1. The van der Waals surface area contributed by atoms with Crippen molar-refractivity contribution in [1.82, 2.24) is 4.90 Å². The first-order valence-electron chi connectivity index (χ1n) is 4.30. The molecular formula is C8H11NO4. The number of carbonyl (C=O) groups excluding carboxylic acids is 1. The van der Waals surface area contributed by atoms with Crippen LogP contribution in [-0.4, -0.2) is 40.8 Å². The second-order valence-corrected chi connectivity index (χ2v) is 3.61. The van der Waals surface area contributed by atoms with E-state index in [-0.39, 0.29) is 12.1 Å². The van der Waals surface area contributed by atoms with Crippen molar-refractivity contribution in [1.29, 1.82) is 0 Å². The van der Waals surface area contributed by atoms with Gasteiger partial charge in [-0.2, -0.15) is 0 Å². The number of carboxylic acid groups (broad SMARTS) is 1. The summed E-state index contributed by atoms with van der Waals surface area (Å²) in [5.41, 5.74) is -0.282. The Balaban J connectivity index is 2.12. The van der Waals surface area contributed by atoms with Crippen LogP contribution in [0.15, 0.2) is 0 Å². The van der Waals surface area contributed by atoms with E-state index in [1.165, 1.54) is 4.90 Å². The van der Waals surface area contributed by atoms with Crippen molar-refractivity contribution in [3.05, 3.63) is 0 Å². The van der Waals surface area contributed by atoms with E-state index in [1.807, 2.05) is 0 Å². The van der Waals surface area contributed by atoms with Gasteiger partial charge in [0, 0.05) is 0 Å². The van der Waals surface area contributed by atoms with Gasteiger partial charge in [0.05, 0.1) is 5.54 Å². The van der Waals surface area contributed by atoms with Gasteiger partial charge in [0.15, 0.2) is 0 Å². The summed E-state index contributed by atoms with van der Waals surface area (Å²) in [4.78, 5) is 23.0. The Kier molecular flexibility index (Phi) is 1.68. The Hall–Kier alpha value is -1.26. The molecule has 0 bridgehead atoms. The third-order valence-corrected chi connectivity index (χ3v) is 2.83. The third-order valence-electron chi connectivity index (χ3n) is 2.83. The summed E-state index contributed by atoms with van der Waals surface area (Å²) >= 11 is 0. The van der Waals surface area contributed by atoms with Crippen molar-refractivity contribution in [2.24, 2.45) is 0 Å². The molecule has 1 saturated heterocycles.